The smallest absolute Gasteiger partial charge is 0.213 e. The van der Waals surface area contributed by atoms with Crippen molar-refractivity contribution in [2.75, 3.05) is 46.8 Å². The molecule has 0 saturated carbocycles. The van der Waals surface area contributed by atoms with Crippen molar-refractivity contribution >= 4 is 29.9 Å². The van der Waals surface area contributed by atoms with Crippen LogP contribution in [0.3, 0.4) is 0 Å². The Morgan fingerprint density at radius 2 is 2.08 bits per heavy atom. The van der Waals surface area contributed by atoms with Crippen LogP contribution in [-0.2, 0) is 0 Å². The summed E-state index contributed by atoms with van der Waals surface area (Å²) in [5.41, 5.74) is 0. The van der Waals surface area contributed by atoms with Crippen LogP contribution < -0.4 is 10.1 Å². The zero-order valence-electron chi connectivity index (χ0n) is 15.2. The molecule has 1 aromatic heterocycles. The van der Waals surface area contributed by atoms with Crippen LogP contribution in [0.1, 0.15) is 19.3 Å². The molecule has 0 aromatic carbocycles. The molecule has 140 valence electrons. The van der Waals surface area contributed by atoms with Crippen molar-refractivity contribution in [1.29, 1.82) is 0 Å². The summed E-state index contributed by atoms with van der Waals surface area (Å²) < 4.78 is 5.97. The third-order valence-corrected chi connectivity index (χ3v) is 4.97. The molecule has 3 rings (SSSR count). The first kappa shape index (κ1) is 20.2. The minimum Gasteiger partial charge on any atom is -0.472 e. The number of guanidine groups is 1. The Morgan fingerprint density at radius 1 is 1.28 bits per heavy atom. The highest BCUT2D eigenvalue weighted by molar-refractivity contribution is 14.0. The van der Waals surface area contributed by atoms with Gasteiger partial charge < -0.3 is 19.9 Å². The summed E-state index contributed by atoms with van der Waals surface area (Å²) in [6.45, 7) is 5.26. The van der Waals surface area contributed by atoms with E-state index in [2.05, 4.69) is 32.1 Å². The normalized spacial score (nSPS) is 22.6. The van der Waals surface area contributed by atoms with Gasteiger partial charge in [-0.3, -0.25) is 4.99 Å². The van der Waals surface area contributed by atoms with Gasteiger partial charge in [-0.15, -0.1) is 24.0 Å². The summed E-state index contributed by atoms with van der Waals surface area (Å²) in [5.74, 6) is 2.46. The topological polar surface area (TPSA) is 53.0 Å². The molecule has 3 heterocycles. The average Bonchev–Trinajstić information content (AvgIpc) is 3.06. The molecule has 1 N–H and O–H groups in total. The zero-order valence-corrected chi connectivity index (χ0v) is 17.6. The van der Waals surface area contributed by atoms with Crippen LogP contribution in [0.4, 0.5) is 0 Å². The van der Waals surface area contributed by atoms with Crippen molar-refractivity contribution < 1.29 is 4.74 Å². The van der Waals surface area contributed by atoms with Gasteiger partial charge in [-0.1, -0.05) is 6.07 Å². The van der Waals surface area contributed by atoms with E-state index in [1.165, 1.54) is 25.9 Å². The van der Waals surface area contributed by atoms with Gasteiger partial charge in [-0.25, -0.2) is 4.98 Å². The SMILES string of the molecule is CN=C(NCC1CCN(C)CC1)N1CCC(Oc2ccccn2)C1.I. The second-order valence-electron chi connectivity index (χ2n) is 6.82. The molecule has 2 aliphatic heterocycles. The lowest BCUT2D eigenvalue weighted by Gasteiger charge is -2.30. The molecular formula is C18H30IN5O. The Bertz CT molecular complexity index is 534. The maximum Gasteiger partial charge on any atom is 0.213 e. The van der Waals surface area contributed by atoms with Crippen molar-refractivity contribution in [3.8, 4) is 5.88 Å². The molecule has 0 radical (unpaired) electrons. The highest BCUT2D eigenvalue weighted by Crippen LogP contribution is 2.17. The molecule has 1 aromatic rings. The highest BCUT2D eigenvalue weighted by atomic mass is 127. The van der Waals surface area contributed by atoms with Gasteiger partial charge in [0.15, 0.2) is 5.96 Å². The van der Waals surface area contributed by atoms with Crippen LogP contribution in [0.15, 0.2) is 29.4 Å². The zero-order chi connectivity index (χ0) is 16.8. The molecule has 0 spiro atoms. The lowest BCUT2D eigenvalue weighted by molar-refractivity contribution is 0.204. The van der Waals surface area contributed by atoms with Crippen LogP contribution in [0, 0.1) is 5.92 Å². The molecule has 6 nitrogen and oxygen atoms in total. The number of halogens is 1. The summed E-state index contributed by atoms with van der Waals surface area (Å²) in [6, 6.07) is 5.77. The first-order chi connectivity index (χ1) is 11.7. The Labute approximate surface area is 168 Å². The van der Waals surface area contributed by atoms with Gasteiger partial charge >= 0.3 is 0 Å². The number of aromatic nitrogens is 1. The lowest BCUT2D eigenvalue weighted by Crippen LogP contribution is -2.44. The quantitative estimate of drug-likeness (QED) is 0.425. The van der Waals surface area contributed by atoms with Crippen molar-refractivity contribution in [3.63, 3.8) is 0 Å². The van der Waals surface area contributed by atoms with E-state index in [0.717, 1.165) is 37.9 Å². The molecule has 0 aliphatic carbocycles. The van der Waals surface area contributed by atoms with Crippen LogP contribution in [-0.4, -0.2) is 73.7 Å². The first-order valence-electron chi connectivity index (χ1n) is 8.96. The van der Waals surface area contributed by atoms with E-state index in [1.54, 1.807) is 6.20 Å². The van der Waals surface area contributed by atoms with Crippen molar-refractivity contribution in [1.82, 2.24) is 20.1 Å². The molecule has 1 atom stereocenters. The molecule has 0 bridgehead atoms. The molecule has 7 heteroatoms. The van der Waals surface area contributed by atoms with Crippen LogP contribution in [0.5, 0.6) is 5.88 Å². The minimum absolute atomic E-state index is 0. The summed E-state index contributed by atoms with van der Waals surface area (Å²) in [4.78, 5) is 13.4. The Balaban J connectivity index is 0.00000225. The van der Waals surface area contributed by atoms with Crippen LogP contribution in [0.2, 0.25) is 0 Å². The summed E-state index contributed by atoms with van der Waals surface area (Å²) in [7, 11) is 4.07. The van der Waals surface area contributed by atoms with Crippen molar-refractivity contribution in [2.24, 2.45) is 10.9 Å². The number of aliphatic imine (C=N–C) groups is 1. The second-order valence-corrected chi connectivity index (χ2v) is 6.82. The number of hydrogen-bond acceptors (Lipinski definition) is 4. The van der Waals surface area contributed by atoms with E-state index in [4.69, 9.17) is 4.74 Å². The van der Waals surface area contributed by atoms with Gasteiger partial charge in [0, 0.05) is 38.8 Å². The molecule has 25 heavy (non-hydrogen) atoms. The summed E-state index contributed by atoms with van der Waals surface area (Å²) >= 11 is 0. The van der Waals surface area contributed by atoms with E-state index in [1.807, 2.05) is 25.2 Å². The number of hydrogen-bond donors (Lipinski definition) is 1. The van der Waals surface area contributed by atoms with Crippen molar-refractivity contribution in [2.45, 2.75) is 25.4 Å². The van der Waals surface area contributed by atoms with E-state index < -0.39 is 0 Å². The fourth-order valence-electron chi connectivity index (χ4n) is 3.44. The number of pyridine rings is 1. The number of likely N-dealkylation sites (tertiary alicyclic amines) is 2. The third-order valence-electron chi connectivity index (χ3n) is 4.97. The van der Waals surface area contributed by atoms with Crippen LogP contribution in [0.25, 0.3) is 0 Å². The number of ether oxygens (including phenoxy) is 1. The predicted molar refractivity (Wildman–Crippen MR) is 112 cm³/mol. The monoisotopic (exact) mass is 459 g/mol. The lowest BCUT2D eigenvalue weighted by atomic mass is 9.97. The van der Waals surface area contributed by atoms with Gasteiger partial charge in [-0.05, 0) is 45.0 Å². The second kappa shape index (κ2) is 10.2. The fourth-order valence-corrected chi connectivity index (χ4v) is 3.44. The summed E-state index contributed by atoms with van der Waals surface area (Å²) in [6.07, 6.45) is 5.50. The molecular weight excluding hydrogens is 429 g/mol. The Morgan fingerprint density at radius 3 is 2.76 bits per heavy atom. The van der Waals surface area contributed by atoms with Crippen LogP contribution >= 0.6 is 24.0 Å². The van der Waals surface area contributed by atoms with E-state index in [0.29, 0.717) is 5.88 Å². The number of nitrogens with one attached hydrogen (secondary N) is 1. The molecule has 1 unspecified atom stereocenters. The number of rotatable bonds is 4. The molecule has 2 aliphatic rings. The Kier molecular flexibility index (Phi) is 8.21. The van der Waals surface area contributed by atoms with E-state index >= 15 is 0 Å². The van der Waals surface area contributed by atoms with Crippen molar-refractivity contribution in [3.05, 3.63) is 24.4 Å². The maximum atomic E-state index is 5.97. The molecule has 0 amide bonds. The fraction of sp³-hybridized carbons (Fsp3) is 0.667. The Hall–Kier alpha value is -1.09. The standard InChI is InChI=1S/C18H29N5O.HI/c1-19-18(21-13-15-6-10-22(2)11-7-15)23-12-8-16(14-23)24-17-5-3-4-9-20-17;/h3-5,9,15-16H,6-8,10-14H2,1-2H3,(H,19,21);1H. The van der Waals surface area contributed by atoms with Gasteiger partial charge in [0.1, 0.15) is 6.10 Å². The summed E-state index contributed by atoms with van der Waals surface area (Å²) in [5, 5.41) is 3.57. The minimum atomic E-state index is 0. The molecule has 2 fully saturated rings. The number of nitrogens with zero attached hydrogens (tertiary/aromatic N) is 4. The third kappa shape index (κ3) is 5.99. The first-order valence-corrected chi connectivity index (χ1v) is 8.96. The van der Waals surface area contributed by atoms with Gasteiger partial charge in [0.25, 0.3) is 0 Å². The predicted octanol–water partition coefficient (Wildman–Crippen LogP) is 2.07. The number of piperidine rings is 1. The maximum absolute atomic E-state index is 5.97. The van der Waals surface area contributed by atoms with E-state index in [-0.39, 0.29) is 30.1 Å². The van der Waals surface area contributed by atoms with E-state index in [9.17, 15) is 0 Å². The highest BCUT2D eigenvalue weighted by Gasteiger charge is 2.27. The largest absolute Gasteiger partial charge is 0.472 e. The molecule has 2 saturated heterocycles. The van der Waals surface area contributed by atoms with Gasteiger partial charge in [-0.2, -0.15) is 0 Å². The van der Waals surface area contributed by atoms with Gasteiger partial charge in [0.2, 0.25) is 5.88 Å². The average molecular weight is 459 g/mol. The van der Waals surface area contributed by atoms with Gasteiger partial charge in [0.05, 0.1) is 6.54 Å².